The van der Waals surface area contributed by atoms with E-state index >= 15 is 0 Å². The van der Waals surface area contributed by atoms with Gasteiger partial charge in [-0.05, 0) is 31.0 Å². The Labute approximate surface area is 129 Å². The van der Waals surface area contributed by atoms with E-state index in [0.717, 1.165) is 23.7 Å². The van der Waals surface area contributed by atoms with E-state index in [1.807, 2.05) is 30.3 Å². The van der Waals surface area contributed by atoms with Crippen LogP contribution in [0.4, 0.5) is 0 Å². The van der Waals surface area contributed by atoms with Crippen LogP contribution in [0.3, 0.4) is 0 Å². The Morgan fingerprint density at radius 2 is 2.05 bits per heavy atom. The summed E-state index contributed by atoms with van der Waals surface area (Å²) in [6.07, 6.45) is 6.37. The summed E-state index contributed by atoms with van der Waals surface area (Å²) in [5, 5.41) is 3.97. The van der Waals surface area contributed by atoms with Crippen molar-refractivity contribution in [1.82, 2.24) is 10.3 Å². The van der Waals surface area contributed by atoms with Gasteiger partial charge in [-0.3, -0.25) is 9.78 Å². The van der Waals surface area contributed by atoms with Gasteiger partial charge < -0.3 is 5.32 Å². The molecule has 2 aromatic rings. The molecule has 1 heterocycles. The Balaban J connectivity index is 1.78. The van der Waals surface area contributed by atoms with E-state index in [4.69, 9.17) is 11.6 Å². The zero-order valence-corrected chi connectivity index (χ0v) is 12.7. The molecule has 1 N–H and O–H groups in total. The second-order valence-corrected chi connectivity index (χ2v) is 6.17. The maximum atomic E-state index is 12.5. The Morgan fingerprint density at radius 3 is 2.81 bits per heavy atom. The van der Waals surface area contributed by atoms with Crippen LogP contribution >= 0.6 is 11.6 Å². The molecular formula is C17H19ClN2O. The number of nitrogens with zero attached hydrogens (tertiary/aromatic N) is 1. The molecule has 1 aliphatic carbocycles. The normalized spacial score (nSPS) is 17.0. The summed E-state index contributed by atoms with van der Waals surface area (Å²) in [6, 6.07) is 9.43. The van der Waals surface area contributed by atoms with Crippen LogP contribution in [0.2, 0.25) is 0 Å². The first kappa shape index (κ1) is 14.3. The molecule has 0 radical (unpaired) electrons. The number of fused-ring (bicyclic) bond motifs is 1. The van der Waals surface area contributed by atoms with Crippen molar-refractivity contribution in [3.05, 3.63) is 42.1 Å². The van der Waals surface area contributed by atoms with Gasteiger partial charge in [0.15, 0.2) is 0 Å². The van der Waals surface area contributed by atoms with Crippen molar-refractivity contribution in [3.8, 4) is 0 Å². The number of hydrogen-bond acceptors (Lipinski definition) is 2. The minimum atomic E-state index is -0.0370. The number of hydrogen-bond donors (Lipinski definition) is 1. The van der Waals surface area contributed by atoms with E-state index in [1.54, 1.807) is 6.20 Å². The Hall–Kier alpha value is -1.61. The minimum absolute atomic E-state index is 0.0370. The van der Waals surface area contributed by atoms with Crippen LogP contribution in [0.25, 0.3) is 10.9 Å². The molecule has 0 saturated heterocycles. The summed E-state index contributed by atoms with van der Waals surface area (Å²) in [4.78, 5) is 16.8. The van der Waals surface area contributed by atoms with Crippen molar-refractivity contribution < 1.29 is 4.79 Å². The Morgan fingerprint density at radius 1 is 1.24 bits per heavy atom. The summed E-state index contributed by atoms with van der Waals surface area (Å²) in [5.74, 6) is 0.578. The zero-order chi connectivity index (χ0) is 14.7. The molecule has 0 spiro atoms. The van der Waals surface area contributed by atoms with E-state index in [9.17, 15) is 4.79 Å². The van der Waals surface area contributed by atoms with Gasteiger partial charge in [-0.25, -0.2) is 0 Å². The molecule has 3 rings (SSSR count). The maximum Gasteiger partial charge on any atom is 0.251 e. The zero-order valence-electron chi connectivity index (χ0n) is 11.9. The number of benzene rings is 1. The molecule has 4 heteroatoms. The fourth-order valence-corrected chi connectivity index (χ4v) is 3.51. The van der Waals surface area contributed by atoms with Gasteiger partial charge in [-0.15, -0.1) is 11.6 Å². The maximum absolute atomic E-state index is 12.5. The first-order chi connectivity index (χ1) is 10.2. The van der Waals surface area contributed by atoms with Gasteiger partial charge in [0.25, 0.3) is 5.91 Å². The minimum Gasteiger partial charge on any atom is -0.351 e. The van der Waals surface area contributed by atoms with Crippen molar-refractivity contribution in [2.75, 3.05) is 12.4 Å². The van der Waals surface area contributed by atoms with Crippen LogP contribution in [0.5, 0.6) is 0 Å². The van der Waals surface area contributed by atoms with Crippen LogP contribution in [0, 0.1) is 5.41 Å². The van der Waals surface area contributed by atoms with E-state index in [2.05, 4.69) is 10.3 Å². The van der Waals surface area contributed by atoms with Crippen molar-refractivity contribution in [2.24, 2.45) is 5.41 Å². The smallest absolute Gasteiger partial charge is 0.251 e. The van der Waals surface area contributed by atoms with Crippen LogP contribution in [0.1, 0.15) is 36.0 Å². The van der Waals surface area contributed by atoms with Gasteiger partial charge >= 0.3 is 0 Å². The second kappa shape index (κ2) is 6.02. The molecule has 1 fully saturated rings. The number of carbonyl (C=O) groups excluding carboxylic acids is 1. The van der Waals surface area contributed by atoms with Crippen LogP contribution < -0.4 is 5.32 Å². The molecule has 1 aromatic heterocycles. The molecule has 0 bridgehead atoms. The van der Waals surface area contributed by atoms with Gasteiger partial charge in [0.2, 0.25) is 0 Å². The third kappa shape index (κ3) is 2.88. The number of alkyl halides is 1. The summed E-state index contributed by atoms with van der Waals surface area (Å²) in [5.41, 5.74) is 1.61. The quantitative estimate of drug-likeness (QED) is 0.874. The number of amides is 1. The summed E-state index contributed by atoms with van der Waals surface area (Å²) in [7, 11) is 0. The largest absolute Gasteiger partial charge is 0.351 e. The molecule has 3 nitrogen and oxygen atoms in total. The third-order valence-corrected chi connectivity index (χ3v) is 5.03. The lowest BCUT2D eigenvalue weighted by Gasteiger charge is -2.26. The molecule has 0 atom stereocenters. The molecular weight excluding hydrogens is 284 g/mol. The van der Waals surface area contributed by atoms with Crippen molar-refractivity contribution in [1.29, 1.82) is 0 Å². The highest BCUT2D eigenvalue weighted by atomic mass is 35.5. The molecule has 1 saturated carbocycles. The Kier molecular flexibility index (Phi) is 4.11. The number of halogens is 1. The predicted molar refractivity (Wildman–Crippen MR) is 85.7 cm³/mol. The summed E-state index contributed by atoms with van der Waals surface area (Å²) in [6.45, 7) is 0.659. The van der Waals surface area contributed by atoms with E-state index < -0.39 is 0 Å². The highest BCUT2D eigenvalue weighted by molar-refractivity contribution is 6.18. The molecule has 1 amide bonds. The number of carbonyl (C=O) groups is 1. The standard InChI is InChI=1S/C17H19ClN2O/c18-11-17(8-1-2-9-17)12-20-16(21)14-5-3-7-15-13(14)6-4-10-19-15/h3-7,10H,1-2,8-9,11-12H2,(H,20,21). The van der Waals surface area contributed by atoms with Gasteiger partial charge in [-0.2, -0.15) is 0 Å². The number of pyridine rings is 1. The summed E-state index contributed by atoms with van der Waals surface area (Å²) < 4.78 is 0. The predicted octanol–water partition coefficient (Wildman–Crippen LogP) is 3.76. The van der Waals surface area contributed by atoms with Crippen molar-refractivity contribution in [3.63, 3.8) is 0 Å². The highest BCUT2D eigenvalue weighted by Crippen LogP contribution is 2.38. The highest BCUT2D eigenvalue weighted by Gasteiger charge is 2.33. The second-order valence-electron chi connectivity index (χ2n) is 5.90. The average molecular weight is 303 g/mol. The lowest BCUT2D eigenvalue weighted by molar-refractivity contribution is 0.0936. The molecule has 21 heavy (non-hydrogen) atoms. The van der Waals surface area contributed by atoms with E-state index in [0.29, 0.717) is 18.0 Å². The van der Waals surface area contributed by atoms with Crippen LogP contribution in [-0.2, 0) is 0 Å². The van der Waals surface area contributed by atoms with Crippen LogP contribution in [-0.4, -0.2) is 23.3 Å². The molecule has 0 unspecified atom stereocenters. The third-order valence-electron chi connectivity index (χ3n) is 4.46. The number of nitrogens with one attached hydrogen (secondary N) is 1. The van der Waals surface area contributed by atoms with Crippen LogP contribution in [0.15, 0.2) is 36.5 Å². The van der Waals surface area contributed by atoms with E-state index in [1.165, 1.54) is 12.8 Å². The van der Waals surface area contributed by atoms with Gasteiger partial charge in [0.05, 0.1) is 5.52 Å². The number of rotatable bonds is 4. The average Bonchev–Trinajstić information content (AvgIpc) is 3.01. The SMILES string of the molecule is O=C(NCC1(CCl)CCCC1)c1cccc2ncccc12. The van der Waals surface area contributed by atoms with Gasteiger partial charge in [0, 0.05) is 35.0 Å². The first-order valence-electron chi connectivity index (χ1n) is 7.42. The lowest BCUT2D eigenvalue weighted by atomic mass is 9.88. The van der Waals surface area contributed by atoms with Crippen molar-refractivity contribution >= 4 is 28.4 Å². The number of aromatic nitrogens is 1. The molecule has 1 aromatic carbocycles. The topological polar surface area (TPSA) is 42.0 Å². The molecule has 110 valence electrons. The Bertz CT molecular complexity index is 645. The summed E-state index contributed by atoms with van der Waals surface area (Å²) >= 11 is 6.13. The fraction of sp³-hybridized carbons (Fsp3) is 0.412. The lowest BCUT2D eigenvalue weighted by Crippen LogP contribution is -2.37. The molecule has 1 aliphatic rings. The first-order valence-corrected chi connectivity index (χ1v) is 7.95. The van der Waals surface area contributed by atoms with Crippen molar-refractivity contribution in [2.45, 2.75) is 25.7 Å². The monoisotopic (exact) mass is 302 g/mol. The molecule has 0 aliphatic heterocycles. The van der Waals surface area contributed by atoms with E-state index in [-0.39, 0.29) is 11.3 Å². The van der Waals surface area contributed by atoms with Gasteiger partial charge in [-0.1, -0.05) is 25.0 Å². The fourth-order valence-electron chi connectivity index (χ4n) is 3.15. The van der Waals surface area contributed by atoms with Gasteiger partial charge in [0.1, 0.15) is 0 Å².